The predicted octanol–water partition coefficient (Wildman–Crippen LogP) is 3.43. The minimum atomic E-state index is 0.528. The average Bonchev–Trinajstić information content (AvgIpc) is 3.33. The van der Waals surface area contributed by atoms with Crippen molar-refractivity contribution in [3.8, 4) is 45.6 Å². The van der Waals surface area contributed by atoms with Crippen molar-refractivity contribution in [3.63, 3.8) is 0 Å². The molecule has 0 bridgehead atoms. The summed E-state index contributed by atoms with van der Waals surface area (Å²) in [6.07, 6.45) is 0. The van der Waals surface area contributed by atoms with Crippen molar-refractivity contribution in [2.24, 2.45) is 0 Å². The SMILES string of the molecule is COc1ccc(-c2cc3nnc(-c4cc(OC)c(OC)c(OC)c4)n3[nH]2)cc1. The number of ether oxygens (including phenoxy) is 4. The van der Waals surface area contributed by atoms with Crippen LogP contribution in [0.25, 0.3) is 28.3 Å². The fourth-order valence-electron chi connectivity index (χ4n) is 3.10. The van der Waals surface area contributed by atoms with Crippen LogP contribution in [0.1, 0.15) is 0 Å². The van der Waals surface area contributed by atoms with Crippen LogP contribution >= 0.6 is 0 Å². The van der Waals surface area contributed by atoms with Crippen LogP contribution in [0.4, 0.5) is 0 Å². The third-order valence-corrected chi connectivity index (χ3v) is 4.52. The average molecular weight is 380 g/mol. The molecule has 0 fully saturated rings. The number of hydrogen-bond donors (Lipinski definition) is 1. The number of aromatic nitrogens is 4. The van der Waals surface area contributed by atoms with E-state index in [0.717, 1.165) is 22.6 Å². The summed E-state index contributed by atoms with van der Waals surface area (Å²) in [7, 11) is 6.38. The number of nitrogens with zero attached hydrogens (tertiary/aromatic N) is 3. The molecule has 0 unspecified atom stereocenters. The van der Waals surface area contributed by atoms with E-state index in [2.05, 4.69) is 15.3 Å². The van der Waals surface area contributed by atoms with Crippen molar-refractivity contribution < 1.29 is 18.9 Å². The molecule has 0 aliphatic heterocycles. The Morgan fingerprint density at radius 2 is 1.43 bits per heavy atom. The highest BCUT2D eigenvalue weighted by atomic mass is 16.5. The van der Waals surface area contributed by atoms with Crippen LogP contribution in [-0.2, 0) is 0 Å². The summed E-state index contributed by atoms with van der Waals surface area (Å²) in [5.41, 5.74) is 3.42. The van der Waals surface area contributed by atoms with Crippen LogP contribution in [0.5, 0.6) is 23.0 Å². The zero-order valence-corrected chi connectivity index (χ0v) is 16.0. The molecule has 0 radical (unpaired) electrons. The molecule has 2 aromatic carbocycles. The highest BCUT2D eigenvalue weighted by Crippen LogP contribution is 2.41. The van der Waals surface area contributed by atoms with Crippen molar-refractivity contribution in [1.82, 2.24) is 19.8 Å². The molecule has 8 nitrogen and oxygen atoms in total. The summed E-state index contributed by atoms with van der Waals surface area (Å²) in [6.45, 7) is 0. The fraction of sp³-hybridized carbons (Fsp3) is 0.200. The lowest BCUT2D eigenvalue weighted by molar-refractivity contribution is 0.324. The highest BCUT2D eigenvalue weighted by molar-refractivity contribution is 5.70. The van der Waals surface area contributed by atoms with Gasteiger partial charge in [0, 0.05) is 11.6 Å². The van der Waals surface area contributed by atoms with Crippen molar-refractivity contribution in [1.29, 1.82) is 0 Å². The lowest BCUT2D eigenvalue weighted by Crippen LogP contribution is -1.97. The number of benzene rings is 2. The van der Waals surface area contributed by atoms with E-state index in [1.54, 1.807) is 28.4 Å². The molecule has 0 aliphatic rings. The molecule has 144 valence electrons. The second kappa shape index (κ2) is 7.15. The molecule has 0 saturated carbocycles. The van der Waals surface area contributed by atoms with Gasteiger partial charge < -0.3 is 18.9 Å². The quantitative estimate of drug-likeness (QED) is 0.552. The van der Waals surface area contributed by atoms with Crippen molar-refractivity contribution in [3.05, 3.63) is 42.5 Å². The fourth-order valence-corrected chi connectivity index (χ4v) is 3.10. The Hall–Kier alpha value is -3.68. The van der Waals surface area contributed by atoms with Gasteiger partial charge in [0.05, 0.1) is 34.1 Å². The molecule has 2 heterocycles. The van der Waals surface area contributed by atoms with Crippen LogP contribution < -0.4 is 18.9 Å². The molecule has 0 atom stereocenters. The molecule has 2 aromatic heterocycles. The first-order valence-electron chi connectivity index (χ1n) is 8.57. The standard InChI is InChI=1S/C20H20N4O4/c1-25-14-7-5-12(6-8-14)15-11-18-21-22-20(24(18)23-15)13-9-16(26-2)19(28-4)17(10-13)27-3/h5-11,23H,1-4H3. The summed E-state index contributed by atoms with van der Waals surface area (Å²) in [5.74, 6) is 3.07. The van der Waals surface area contributed by atoms with E-state index < -0.39 is 0 Å². The molecular formula is C20H20N4O4. The monoisotopic (exact) mass is 380 g/mol. The molecule has 28 heavy (non-hydrogen) atoms. The van der Waals surface area contributed by atoms with Gasteiger partial charge in [-0.15, -0.1) is 10.2 Å². The minimum Gasteiger partial charge on any atom is -0.497 e. The molecule has 1 N–H and O–H groups in total. The van der Waals surface area contributed by atoms with E-state index in [9.17, 15) is 0 Å². The molecule has 8 heteroatoms. The molecule has 0 aliphatic carbocycles. The Morgan fingerprint density at radius 1 is 0.750 bits per heavy atom. The molecule has 0 amide bonds. The molecule has 0 saturated heterocycles. The summed E-state index contributed by atoms with van der Waals surface area (Å²) in [4.78, 5) is 0. The van der Waals surface area contributed by atoms with Gasteiger partial charge >= 0.3 is 0 Å². The van der Waals surface area contributed by atoms with E-state index >= 15 is 0 Å². The normalized spacial score (nSPS) is 10.9. The van der Waals surface area contributed by atoms with Gasteiger partial charge in [0.2, 0.25) is 5.75 Å². The van der Waals surface area contributed by atoms with Crippen LogP contribution in [-0.4, -0.2) is 48.3 Å². The van der Waals surface area contributed by atoms with Crippen LogP contribution in [0.3, 0.4) is 0 Å². The third kappa shape index (κ3) is 2.88. The first kappa shape index (κ1) is 17.7. The highest BCUT2D eigenvalue weighted by Gasteiger charge is 2.18. The van der Waals surface area contributed by atoms with E-state index in [0.29, 0.717) is 28.7 Å². The number of nitrogens with one attached hydrogen (secondary N) is 1. The first-order chi connectivity index (χ1) is 13.7. The maximum Gasteiger partial charge on any atom is 0.203 e. The Balaban J connectivity index is 1.80. The summed E-state index contributed by atoms with van der Waals surface area (Å²) in [5, 5.41) is 11.9. The van der Waals surface area contributed by atoms with Crippen LogP contribution in [0.15, 0.2) is 42.5 Å². The number of aromatic amines is 1. The van der Waals surface area contributed by atoms with E-state index in [1.165, 1.54) is 0 Å². The van der Waals surface area contributed by atoms with Crippen molar-refractivity contribution >= 4 is 5.65 Å². The van der Waals surface area contributed by atoms with Gasteiger partial charge in [0.15, 0.2) is 23.0 Å². The Labute approximate surface area is 161 Å². The number of H-pyrrole nitrogens is 1. The topological polar surface area (TPSA) is 82.9 Å². The largest absolute Gasteiger partial charge is 0.497 e. The second-order valence-corrected chi connectivity index (χ2v) is 6.03. The molecule has 4 aromatic rings. The van der Waals surface area contributed by atoms with Crippen LogP contribution in [0, 0.1) is 0 Å². The first-order valence-corrected chi connectivity index (χ1v) is 8.57. The number of hydrogen-bond acceptors (Lipinski definition) is 6. The van der Waals surface area contributed by atoms with Gasteiger partial charge in [0.1, 0.15) is 5.75 Å². The third-order valence-electron chi connectivity index (χ3n) is 4.52. The van der Waals surface area contributed by atoms with Gasteiger partial charge in [0.25, 0.3) is 0 Å². The van der Waals surface area contributed by atoms with Gasteiger partial charge in [-0.25, -0.2) is 4.52 Å². The predicted molar refractivity (Wildman–Crippen MR) is 104 cm³/mol. The summed E-state index contributed by atoms with van der Waals surface area (Å²) in [6, 6.07) is 13.4. The van der Waals surface area contributed by atoms with Gasteiger partial charge in [-0.1, -0.05) is 0 Å². The Morgan fingerprint density at radius 3 is 2.00 bits per heavy atom. The number of fused-ring (bicyclic) bond motifs is 1. The van der Waals surface area contributed by atoms with Gasteiger partial charge in [-0.3, -0.25) is 5.10 Å². The van der Waals surface area contributed by atoms with E-state index in [4.69, 9.17) is 18.9 Å². The van der Waals surface area contributed by atoms with E-state index in [1.807, 2.05) is 47.0 Å². The van der Waals surface area contributed by atoms with Crippen molar-refractivity contribution in [2.45, 2.75) is 0 Å². The lowest BCUT2D eigenvalue weighted by Gasteiger charge is -2.13. The Kier molecular flexibility index (Phi) is 4.52. The van der Waals surface area contributed by atoms with E-state index in [-0.39, 0.29) is 0 Å². The zero-order chi connectivity index (χ0) is 19.7. The number of methoxy groups -OCH3 is 4. The zero-order valence-electron chi connectivity index (χ0n) is 16.0. The maximum atomic E-state index is 5.44. The van der Waals surface area contributed by atoms with Gasteiger partial charge in [-0.2, -0.15) is 0 Å². The smallest absolute Gasteiger partial charge is 0.203 e. The molecule has 4 rings (SSSR count). The number of rotatable bonds is 6. The lowest BCUT2D eigenvalue weighted by atomic mass is 10.1. The molecule has 0 spiro atoms. The second-order valence-electron chi connectivity index (χ2n) is 6.03. The van der Waals surface area contributed by atoms with Crippen LogP contribution in [0.2, 0.25) is 0 Å². The van der Waals surface area contributed by atoms with Gasteiger partial charge in [-0.05, 0) is 42.0 Å². The minimum absolute atomic E-state index is 0.528. The molecular weight excluding hydrogens is 360 g/mol. The maximum absolute atomic E-state index is 5.44. The summed E-state index contributed by atoms with van der Waals surface area (Å²) >= 11 is 0. The van der Waals surface area contributed by atoms with Crippen molar-refractivity contribution in [2.75, 3.05) is 28.4 Å². The Bertz CT molecular complexity index is 1090. The summed E-state index contributed by atoms with van der Waals surface area (Å²) < 4.78 is 23.3.